The van der Waals surface area contributed by atoms with Crippen LogP contribution in [0, 0.1) is 12.3 Å². The summed E-state index contributed by atoms with van der Waals surface area (Å²) in [6.45, 7) is 3.07. The molecule has 1 unspecified atom stereocenters. The first-order chi connectivity index (χ1) is 7.36. The maximum Gasteiger partial charge on any atom is 0.0404 e. The van der Waals surface area contributed by atoms with E-state index in [9.17, 15) is 0 Å². The fourth-order valence-corrected chi connectivity index (χ4v) is 1.58. The first-order valence-electron chi connectivity index (χ1n) is 5.43. The molecule has 0 aromatic carbocycles. The highest BCUT2D eigenvalue weighted by atomic mass is 14.9. The zero-order valence-electron chi connectivity index (χ0n) is 9.24. The van der Waals surface area contributed by atoms with E-state index in [1.54, 1.807) is 0 Å². The van der Waals surface area contributed by atoms with Crippen molar-refractivity contribution < 1.29 is 0 Å². The largest absolute Gasteiger partial charge is 0.313 e. The van der Waals surface area contributed by atoms with Gasteiger partial charge in [0, 0.05) is 24.4 Å². The Morgan fingerprint density at radius 1 is 1.53 bits per heavy atom. The topological polar surface area (TPSA) is 24.9 Å². The molecule has 2 nitrogen and oxygen atoms in total. The smallest absolute Gasteiger partial charge is 0.0404 e. The molecule has 1 aromatic heterocycles. The molecule has 2 heteroatoms. The molecule has 0 aliphatic carbocycles. The summed E-state index contributed by atoms with van der Waals surface area (Å²) in [6.07, 6.45) is 9.98. The first kappa shape index (κ1) is 11.7. The monoisotopic (exact) mass is 202 g/mol. The minimum Gasteiger partial charge on any atom is -0.313 e. The summed E-state index contributed by atoms with van der Waals surface area (Å²) in [5, 5.41) is 3.38. The number of hydrogen-bond donors (Lipinski definition) is 1. The zero-order valence-corrected chi connectivity index (χ0v) is 9.24. The maximum atomic E-state index is 5.32. The zero-order chi connectivity index (χ0) is 10.9. The van der Waals surface area contributed by atoms with Gasteiger partial charge in [-0.2, -0.15) is 0 Å². The van der Waals surface area contributed by atoms with E-state index >= 15 is 0 Å². The van der Waals surface area contributed by atoms with Crippen molar-refractivity contribution in [2.75, 3.05) is 6.54 Å². The van der Waals surface area contributed by atoms with Crippen molar-refractivity contribution in [2.24, 2.45) is 0 Å². The third-order valence-electron chi connectivity index (χ3n) is 2.33. The van der Waals surface area contributed by atoms with Crippen molar-refractivity contribution in [3.8, 4) is 12.3 Å². The molecule has 0 bridgehead atoms. The molecule has 15 heavy (non-hydrogen) atoms. The van der Waals surface area contributed by atoms with E-state index in [0.29, 0.717) is 6.04 Å². The van der Waals surface area contributed by atoms with Gasteiger partial charge in [0.05, 0.1) is 0 Å². The van der Waals surface area contributed by atoms with Crippen molar-refractivity contribution in [3.63, 3.8) is 0 Å². The second-order valence-electron chi connectivity index (χ2n) is 3.52. The molecule has 0 aliphatic heterocycles. The van der Waals surface area contributed by atoms with Gasteiger partial charge in [0.15, 0.2) is 0 Å². The molecule has 0 aliphatic rings. The third-order valence-corrected chi connectivity index (χ3v) is 2.33. The van der Waals surface area contributed by atoms with Gasteiger partial charge in [-0.15, -0.1) is 12.3 Å². The van der Waals surface area contributed by atoms with Gasteiger partial charge in [-0.3, -0.25) is 4.98 Å². The van der Waals surface area contributed by atoms with Crippen LogP contribution in [0.2, 0.25) is 0 Å². The van der Waals surface area contributed by atoms with Crippen molar-refractivity contribution in [3.05, 3.63) is 30.1 Å². The van der Waals surface area contributed by atoms with Crippen molar-refractivity contribution >= 4 is 0 Å². The summed E-state index contributed by atoms with van der Waals surface area (Å²) in [5.74, 6) is 2.71. The highest BCUT2D eigenvalue weighted by Gasteiger charge is 2.05. The molecule has 1 heterocycles. The summed E-state index contributed by atoms with van der Waals surface area (Å²) < 4.78 is 0. The van der Waals surface area contributed by atoms with E-state index < -0.39 is 0 Å². The van der Waals surface area contributed by atoms with Gasteiger partial charge in [-0.05, 0) is 31.5 Å². The molecule has 0 spiro atoms. The van der Waals surface area contributed by atoms with Gasteiger partial charge in [0.2, 0.25) is 0 Å². The van der Waals surface area contributed by atoms with E-state index in [0.717, 1.165) is 31.5 Å². The Morgan fingerprint density at radius 3 is 3.00 bits per heavy atom. The number of nitrogens with zero attached hydrogens (tertiary/aromatic N) is 1. The second-order valence-corrected chi connectivity index (χ2v) is 3.52. The molecule has 0 radical (unpaired) electrons. The summed E-state index contributed by atoms with van der Waals surface area (Å²) in [5.41, 5.74) is 1.14. The lowest BCUT2D eigenvalue weighted by Crippen LogP contribution is -2.28. The van der Waals surface area contributed by atoms with E-state index in [-0.39, 0.29) is 0 Å². The van der Waals surface area contributed by atoms with Crippen molar-refractivity contribution in [2.45, 2.75) is 32.2 Å². The minimum atomic E-state index is 0.419. The van der Waals surface area contributed by atoms with Gasteiger partial charge < -0.3 is 5.32 Å². The van der Waals surface area contributed by atoms with Gasteiger partial charge in [0.1, 0.15) is 0 Å². The van der Waals surface area contributed by atoms with Crippen LogP contribution < -0.4 is 5.32 Å². The molecule has 80 valence electrons. The third kappa shape index (κ3) is 4.62. The highest BCUT2D eigenvalue weighted by Crippen LogP contribution is 2.04. The second kappa shape index (κ2) is 7.03. The van der Waals surface area contributed by atoms with Crippen LogP contribution in [0.25, 0.3) is 0 Å². The molecule has 0 fully saturated rings. The molecule has 0 saturated heterocycles. The van der Waals surface area contributed by atoms with Crippen LogP contribution in [0.4, 0.5) is 0 Å². The fourth-order valence-electron chi connectivity index (χ4n) is 1.58. The normalized spacial score (nSPS) is 12.0. The summed E-state index contributed by atoms with van der Waals surface area (Å²) in [7, 11) is 0. The predicted molar refractivity (Wildman–Crippen MR) is 63.5 cm³/mol. The molecular weight excluding hydrogens is 184 g/mol. The summed E-state index contributed by atoms with van der Waals surface area (Å²) in [6, 6.07) is 6.43. The SMILES string of the molecule is C#CCC(CCc1ccccn1)NCC. The average Bonchev–Trinajstić information content (AvgIpc) is 2.28. The van der Waals surface area contributed by atoms with E-state index in [4.69, 9.17) is 6.42 Å². The van der Waals surface area contributed by atoms with Crippen LogP contribution >= 0.6 is 0 Å². The number of hydrogen-bond acceptors (Lipinski definition) is 2. The van der Waals surface area contributed by atoms with Gasteiger partial charge in [0.25, 0.3) is 0 Å². The maximum absolute atomic E-state index is 5.32. The van der Waals surface area contributed by atoms with Crippen LogP contribution in [-0.2, 0) is 6.42 Å². The van der Waals surface area contributed by atoms with E-state index in [1.165, 1.54) is 0 Å². The Labute approximate surface area is 92.1 Å². The van der Waals surface area contributed by atoms with Crippen LogP contribution in [0.5, 0.6) is 0 Å². The molecular formula is C13H18N2. The number of pyridine rings is 1. The molecule has 0 amide bonds. The minimum absolute atomic E-state index is 0.419. The predicted octanol–water partition coefficient (Wildman–Crippen LogP) is 2.02. The lowest BCUT2D eigenvalue weighted by Gasteiger charge is -2.14. The van der Waals surface area contributed by atoms with E-state index in [1.807, 2.05) is 18.3 Å². The van der Waals surface area contributed by atoms with E-state index in [2.05, 4.69) is 29.2 Å². The number of aryl methyl sites for hydroxylation is 1. The molecule has 1 aromatic rings. The Balaban J connectivity index is 2.37. The first-order valence-corrected chi connectivity index (χ1v) is 5.43. The standard InChI is InChI=1S/C13H18N2/c1-3-7-12(14-4-2)9-10-13-8-5-6-11-15-13/h1,5-6,8,11-12,14H,4,7,9-10H2,2H3. The van der Waals surface area contributed by atoms with Crippen molar-refractivity contribution in [1.29, 1.82) is 0 Å². The van der Waals surface area contributed by atoms with Gasteiger partial charge in [-0.1, -0.05) is 13.0 Å². The fraction of sp³-hybridized carbons (Fsp3) is 0.462. The highest BCUT2D eigenvalue weighted by molar-refractivity contribution is 5.04. The lowest BCUT2D eigenvalue weighted by molar-refractivity contribution is 0.501. The number of nitrogens with one attached hydrogen (secondary N) is 1. The molecule has 0 saturated carbocycles. The molecule has 1 N–H and O–H groups in total. The van der Waals surface area contributed by atoms with Crippen LogP contribution in [-0.4, -0.2) is 17.6 Å². The van der Waals surface area contributed by atoms with Gasteiger partial charge in [-0.25, -0.2) is 0 Å². The molecule has 1 rings (SSSR count). The average molecular weight is 202 g/mol. The molecule has 1 atom stereocenters. The number of rotatable bonds is 6. The Bertz CT molecular complexity index is 300. The quantitative estimate of drug-likeness (QED) is 0.714. The van der Waals surface area contributed by atoms with Crippen LogP contribution in [0.1, 0.15) is 25.5 Å². The number of aromatic nitrogens is 1. The Morgan fingerprint density at radius 2 is 2.40 bits per heavy atom. The number of terminal acetylenes is 1. The van der Waals surface area contributed by atoms with Crippen molar-refractivity contribution in [1.82, 2.24) is 10.3 Å². The summed E-state index contributed by atoms with van der Waals surface area (Å²) >= 11 is 0. The Kier molecular flexibility index (Phi) is 5.50. The lowest BCUT2D eigenvalue weighted by atomic mass is 10.1. The van der Waals surface area contributed by atoms with Crippen LogP contribution in [0.15, 0.2) is 24.4 Å². The van der Waals surface area contributed by atoms with Gasteiger partial charge >= 0.3 is 0 Å². The Hall–Kier alpha value is -1.33. The summed E-state index contributed by atoms with van der Waals surface area (Å²) in [4.78, 5) is 4.29. The van der Waals surface area contributed by atoms with Crippen LogP contribution in [0.3, 0.4) is 0 Å².